The van der Waals surface area contributed by atoms with Crippen LogP contribution < -0.4 is 9.80 Å². The minimum absolute atomic E-state index is 0.309. The second-order valence-electron chi connectivity index (χ2n) is 6.66. The molecular formula is C24H29N3O3. The maximum atomic E-state index is 12.3. The van der Waals surface area contributed by atoms with Crippen LogP contribution in [0.1, 0.15) is 31.1 Å². The predicted molar refractivity (Wildman–Crippen MR) is 122 cm³/mol. The Balaban J connectivity index is 1.95. The highest BCUT2D eigenvalue weighted by Gasteiger charge is 2.30. The predicted octanol–water partition coefficient (Wildman–Crippen LogP) is 4.79. The Kier molecular flexibility index (Phi) is 7.63. The maximum Gasteiger partial charge on any atom is 0.338 e. The van der Waals surface area contributed by atoms with E-state index in [-0.39, 0.29) is 5.97 Å². The number of aliphatic imine (C=N–C) groups is 1. The Morgan fingerprint density at radius 1 is 1.00 bits per heavy atom. The number of carbonyl (C=O) groups is 1. The summed E-state index contributed by atoms with van der Waals surface area (Å²) >= 11 is 0. The number of hydrogen-bond donors (Lipinski definition) is 0. The summed E-state index contributed by atoms with van der Waals surface area (Å²) in [5.41, 5.74) is 3.48. The lowest BCUT2D eigenvalue weighted by Crippen LogP contribution is -2.31. The fourth-order valence-electron chi connectivity index (χ4n) is 3.45. The number of esters is 1. The number of hydrogen-bond acceptors (Lipinski definition) is 6. The van der Waals surface area contributed by atoms with Crippen molar-refractivity contribution in [3.05, 3.63) is 66.0 Å². The molecule has 2 aromatic carbocycles. The molecule has 0 atom stereocenters. The highest BCUT2D eigenvalue weighted by atomic mass is 16.5. The van der Waals surface area contributed by atoms with Gasteiger partial charge in [0.2, 0.25) is 0 Å². The van der Waals surface area contributed by atoms with Gasteiger partial charge in [0.25, 0.3) is 0 Å². The SMILES string of the molecule is CCOCCN1/C(=C/C=Nc2ccccc2)N(CC)c2ccc(C(=O)OCC)cc21. The van der Waals surface area contributed by atoms with Gasteiger partial charge in [-0.25, -0.2) is 4.79 Å². The highest BCUT2D eigenvalue weighted by Crippen LogP contribution is 2.42. The lowest BCUT2D eigenvalue weighted by molar-refractivity contribution is 0.0526. The molecule has 0 aliphatic carbocycles. The number of benzene rings is 2. The largest absolute Gasteiger partial charge is 0.462 e. The normalized spacial score (nSPS) is 14.6. The van der Waals surface area contributed by atoms with Crippen molar-refractivity contribution in [2.45, 2.75) is 20.8 Å². The Hall–Kier alpha value is -3.12. The molecule has 158 valence electrons. The van der Waals surface area contributed by atoms with E-state index in [0.717, 1.165) is 29.4 Å². The van der Waals surface area contributed by atoms with Crippen LogP contribution in [0.4, 0.5) is 17.1 Å². The van der Waals surface area contributed by atoms with Gasteiger partial charge >= 0.3 is 5.97 Å². The Bertz CT molecular complexity index is 909. The van der Waals surface area contributed by atoms with Crippen LogP contribution in [0.2, 0.25) is 0 Å². The minimum Gasteiger partial charge on any atom is -0.462 e. The van der Waals surface area contributed by atoms with Gasteiger partial charge in [-0.1, -0.05) is 18.2 Å². The van der Waals surface area contributed by atoms with Crippen molar-refractivity contribution in [2.24, 2.45) is 4.99 Å². The first-order valence-electron chi connectivity index (χ1n) is 10.4. The van der Waals surface area contributed by atoms with Crippen LogP contribution in [0, 0.1) is 0 Å². The van der Waals surface area contributed by atoms with Crippen molar-refractivity contribution in [3.63, 3.8) is 0 Å². The number of para-hydroxylation sites is 1. The van der Waals surface area contributed by atoms with Crippen molar-refractivity contribution < 1.29 is 14.3 Å². The van der Waals surface area contributed by atoms with Gasteiger partial charge in [0, 0.05) is 25.9 Å². The van der Waals surface area contributed by atoms with Crippen molar-refractivity contribution in [1.29, 1.82) is 0 Å². The molecule has 0 N–H and O–H groups in total. The molecule has 6 nitrogen and oxygen atoms in total. The van der Waals surface area contributed by atoms with E-state index in [1.54, 1.807) is 0 Å². The molecule has 30 heavy (non-hydrogen) atoms. The maximum absolute atomic E-state index is 12.3. The van der Waals surface area contributed by atoms with Crippen LogP contribution in [0.25, 0.3) is 0 Å². The number of fused-ring (bicyclic) bond motifs is 1. The highest BCUT2D eigenvalue weighted by molar-refractivity contribution is 5.95. The Morgan fingerprint density at radius 2 is 1.80 bits per heavy atom. The van der Waals surface area contributed by atoms with Gasteiger partial charge in [-0.15, -0.1) is 0 Å². The molecule has 1 aliphatic heterocycles. The zero-order valence-corrected chi connectivity index (χ0v) is 17.9. The molecule has 0 spiro atoms. The second kappa shape index (κ2) is 10.6. The molecule has 0 radical (unpaired) electrons. The van der Waals surface area contributed by atoms with E-state index in [9.17, 15) is 4.79 Å². The van der Waals surface area contributed by atoms with Crippen molar-refractivity contribution in [3.8, 4) is 0 Å². The molecule has 0 unspecified atom stereocenters. The number of rotatable bonds is 9. The monoisotopic (exact) mass is 407 g/mol. The molecule has 0 fully saturated rings. The van der Waals surface area contributed by atoms with E-state index < -0.39 is 0 Å². The number of nitrogens with zero attached hydrogens (tertiary/aromatic N) is 3. The lowest BCUT2D eigenvalue weighted by Gasteiger charge is -2.24. The number of anilines is 2. The van der Waals surface area contributed by atoms with E-state index in [0.29, 0.717) is 31.9 Å². The molecule has 0 saturated heterocycles. The van der Waals surface area contributed by atoms with E-state index in [1.807, 2.05) is 74.7 Å². The number of ether oxygens (including phenoxy) is 2. The molecular weight excluding hydrogens is 378 g/mol. The fraction of sp³-hybridized carbons (Fsp3) is 0.333. The van der Waals surface area contributed by atoms with Crippen LogP contribution in [0.15, 0.2) is 65.4 Å². The summed E-state index contributed by atoms with van der Waals surface area (Å²) < 4.78 is 10.8. The fourth-order valence-corrected chi connectivity index (χ4v) is 3.45. The Morgan fingerprint density at radius 3 is 2.50 bits per heavy atom. The van der Waals surface area contributed by atoms with E-state index in [1.165, 1.54) is 0 Å². The van der Waals surface area contributed by atoms with Gasteiger partial charge in [-0.3, -0.25) is 4.99 Å². The summed E-state index contributed by atoms with van der Waals surface area (Å²) in [6, 6.07) is 15.5. The summed E-state index contributed by atoms with van der Waals surface area (Å²) in [7, 11) is 0. The smallest absolute Gasteiger partial charge is 0.338 e. The summed E-state index contributed by atoms with van der Waals surface area (Å²) in [6.45, 7) is 8.98. The quantitative estimate of drug-likeness (QED) is 0.340. The number of carbonyl (C=O) groups excluding carboxylic acids is 1. The van der Waals surface area contributed by atoms with Gasteiger partial charge in [0.15, 0.2) is 0 Å². The summed E-state index contributed by atoms with van der Waals surface area (Å²) in [5.74, 6) is 0.698. The first-order chi connectivity index (χ1) is 14.7. The summed E-state index contributed by atoms with van der Waals surface area (Å²) in [4.78, 5) is 21.2. The zero-order valence-electron chi connectivity index (χ0n) is 17.9. The van der Waals surface area contributed by atoms with Gasteiger partial charge < -0.3 is 19.3 Å². The van der Waals surface area contributed by atoms with Gasteiger partial charge in [0.05, 0.1) is 35.8 Å². The van der Waals surface area contributed by atoms with Crippen LogP contribution in [0.3, 0.4) is 0 Å². The summed E-state index contributed by atoms with van der Waals surface area (Å²) in [5, 5.41) is 0. The molecule has 0 aromatic heterocycles. The van der Waals surface area contributed by atoms with Gasteiger partial charge in [0.1, 0.15) is 5.82 Å². The van der Waals surface area contributed by atoms with E-state index in [4.69, 9.17) is 9.47 Å². The van der Waals surface area contributed by atoms with Crippen LogP contribution in [-0.4, -0.2) is 45.1 Å². The standard InChI is InChI=1S/C24H29N3O3/c1-4-26-21-13-12-19(24(28)30-6-3)18-22(21)27(16-17-29-5-2)23(26)14-15-25-20-10-8-7-9-11-20/h7-15,18H,4-6,16-17H2,1-3H3/b23-14+,25-15?. The first kappa shape index (κ1) is 21.6. The van der Waals surface area contributed by atoms with E-state index >= 15 is 0 Å². The average Bonchev–Trinajstić information content (AvgIpc) is 3.06. The molecule has 2 aromatic rings. The molecule has 0 saturated carbocycles. The molecule has 6 heteroatoms. The summed E-state index contributed by atoms with van der Waals surface area (Å²) in [6.07, 6.45) is 3.83. The van der Waals surface area contributed by atoms with Crippen molar-refractivity contribution >= 4 is 29.2 Å². The minimum atomic E-state index is -0.309. The third-order valence-electron chi connectivity index (χ3n) is 4.80. The zero-order chi connectivity index (χ0) is 21.3. The third-order valence-corrected chi connectivity index (χ3v) is 4.80. The topological polar surface area (TPSA) is 54.4 Å². The van der Waals surface area contributed by atoms with Crippen LogP contribution >= 0.6 is 0 Å². The third kappa shape index (κ3) is 4.89. The second-order valence-corrected chi connectivity index (χ2v) is 6.66. The average molecular weight is 408 g/mol. The molecule has 0 amide bonds. The molecule has 1 aliphatic rings. The molecule has 0 bridgehead atoms. The lowest BCUT2D eigenvalue weighted by atomic mass is 10.1. The van der Waals surface area contributed by atoms with Crippen LogP contribution in [-0.2, 0) is 9.47 Å². The van der Waals surface area contributed by atoms with Crippen molar-refractivity contribution in [2.75, 3.05) is 42.7 Å². The van der Waals surface area contributed by atoms with Gasteiger partial charge in [-0.2, -0.15) is 0 Å². The first-order valence-corrected chi connectivity index (χ1v) is 10.4. The van der Waals surface area contributed by atoms with Crippen LogP contribution in [0.5, 0.6) is 0 Å². The van der Waals surface area contributed by atoms with Crippen molar-refractivity contribution in [1.82, 2.24) is 0 Å². The molecule has 3 rings (SSSR count). The molecule has 1 heterocycles. The Labute approximate surface area is 178 Å². The van der Waals surface area contributed by atoms with Gasteiger partial charge in [-0.05, 0) is 57.2 Å². The number of allylic oxidation sites excluding steroid dienone is 1. The van der Waals surface area contributed by atoms with E-state index in [2.05, 4.69) is 21.7 Å².